The molecular formula is C15H17NO3. The molecule has 1 aromatic heterocycles. The highest BCUT2D eigenvalue weighted by Gasteiger charge is 2.10. The van der Waals surface area contributed by atoms with Crippen LogP contribution in [-0.4, -0.2) is 24.7 Å². The molecule has 19 heavy (non-hydrogen) atoms. The molecule has 0 atom stereocenters. The number of benzene rings is 1. The predicted octanol–water partition coefficient (Wildman–Crippen LogP) is 2.84. The lowest BCUT2D eigenvalue weighted by molar-refractivity contribution is -0.141. The number of hydrogen-bond donors (Lipinski definition) is 1. The fourth-order valence-corrected chi connectivity index (χ4v) is 1.84. The third-order valence-corrected chi connectivity index (χ3v) is 2.79. The summed E-state index contributed by atoms with van der Waals surface area (Å²) in [5.41, 5.74) is 2.71. The second-order valence-corrected chi connectivity index (χ2v) is 4.52. The summed E-state index contributed by atoms with van der Waals surface area (Å²) in [6.07, 6.45) is 2.06. The van der Waals surface area contributed by atoms with Crippen LogP contribution in [0.3, 0.4) is 0 Å². The summed E-state index contributed by atoms with van der Waals surface area (Å²) in [7, 11) is 1.62. The maximum Gasteiger partial charge on any atom is 0.310 e. The molecule has 0 saturated heterocycles. The number of carbonyl (C=O) groups excluding carboxylic acids is 1. The van der Waals surface area contributed by atoms with Crippen molar-refractivity contribution in [2.24, 2.45) is 0 Å². The van der Waals surface area contributed by atoms with Crippen LogP contribution >= 0.6 is 0 Å². The van der Waals surface area contributed by atoms with Crippen molar-refractivity contribution in [1.82, 2.24) is 4.98 Å². The summed E-state index contributed by atoms with van der Waals surface area (Å²) in [5, 5.41) is 0.978. The van der Waals surface area contributed by atoms with Gasteiger partial charge >= 0.3 is 5.97 Å². The normalized spacial score (nSPS) is 10.4. The van der Waals surface area contributed by atoms with Gasteiger partial charge in [-0.05, 0) is 36.3 Å². The second kappa shape index (κ2) is 5.61. The lowest BCUT2D eigenvalue weighted by atomic mass is 10.1. The van der Waals surface area contributed by atoms with E-state index in [-0.39, 0.29) is 19.0 Å². The molecule has 0 aliphatic rings. The fraction of sp³-hybridized carbons (Fsp3) is 0.267. The van der Waals surface area contributed by atoms with Crippen LogP contribution in [-0.2, 0) is 16.0 Å². The largest absolute Gasteiger partial charge is 0.497 e. The molecule has 0 spiro atoms. The van der Waals surface area contributed by atoms with Gasteiger partial charge in [-0.3, -0.25) is 4.79 Å². The standard InChI is InChI=1S/C15H17NO3/c1-10(2)9-19-15(17)6-11-8-16-14-5-4-12(18-3)7-13(11)14/h4-5,7-8,16H,1,6,9H2,2-3H3. The molecule has 2 rings (SSSR count). The first kappa shape index (κ1) is 13.2. The average molecular weight is 259 g/mol. The third kappa shape index (κ3) is 3.16. The van der Waals surface area contributed by atoms with E-state index in [1.54, 1.807) is 7.11 Å². The molecule has 0 unspecified atom stereocenters. The number of H-pyrrole nitrogens is 1. The predicted molar refractivity (Wildman–Crippen MR) is 74.3 cm³/mol. The minimum absolute atomic E-state index is 0.237. The Bertz CT molecular complexity index is 613. The number of carbonyl (C=O) groups is 1. The zero-order valence-corrected chi connectivity index (χ0v) is 11.2. The van der Waals surface area contributed by atoms with Crippen molar-refractivity contribution in [3.8, 4) is 5.75 Å². The van der Waals surface area contributed by atoms with E-state index in [4.69, 9.17) is 9.47 Å². The van der Waals surface area contributed by atoms with Gasteiger partial charge in [0.05, 0.1) is 13.5 Å². The molecule has 4 heteroatoms. The van der Waals surface area contributed by atoms with Crippen LogP contribution in [0.2, 0.25) is 0 Å². The first-order valence-corrected chi connectivity index (χ1v) is 6.04. The first-order chi connectivity index (χ1) is 9.10. The minimum Gasteiger partial charge on any atom is -0.497 e. The summed E-state index contributed by atoms with van der Waals surface area (Å²) in [6, 6.07) is 5.71. The summed E-state index contributed by atoms with van der Waals surface area (Å²) in [6.45, 7) is 5.79. The summed E-state index contributed by atoms with van der Waals surface area (Å²) in [4.78, 5) is 14.8. The van der Waals surface area contributed by atoms with Crippen molar-refractivity contribution in [3.05, 3.63) is 42.1 Å². The van der Waals surface area contributed by atoms with Gasteiger partial charge in [-0.15, -0.1) is 0 Å². The zero-order valence-electron chi connectivity index (χ0n) is 11.2. The lowest BCUT2D eigenvalue weighted by Crippen LogP contribution is -2.09. The highest BCUT2D eigenvalue weighted by molar-refractivity contribution is 5.88. The second-order valence-electron chi connectivity index (χ2n) is 4.52. The lowest BCUT2D eigenvalue weighted by Gasteiger charge is -2.04. The molecule has 4 nitrogen and oxygen atoms in total. The molecule has 0 amide bonds. The van der Waals surface area contributed by atoms with Crippen LogP contribution in [0.25, 0.3) is 10.9 Å². The third-order valence-electron chi connectivity index (χ3n) is 2.79. The number of esters is 1. The molecule has 1 aromatic carbocycles. The first-order valence-electron chi connectivity index (χ1n) is 6.04. The number of aromatic nitrogens is 1. The number of ether oxygens (including phenoxy) is 2. The summed E-state index contributed by atoms with van der Waals surface area (Å²) < 4.78 is 10.3. The number of aromatic amines is 1. The van der Waals surface area contributed by atoms with Gasteiger partial charge in [0.15, 0.2) is 0 Å². The molecule has 0 aliphatic heterocycles. The molecule has 1 heterocycles. The number of hydrogen-bond acceptors (Lipinski definition) is 3. The average Bonchev–Trinajstić information content (AvgIpc) is 2.79. The van der Waals surface area contributed by atoms with Crippen molar-refractivity contribution < 1.29 is 14.3 Å². The van der Waals surface area contributed by atoms with Gasteiger partial charge in [0.1, 0.15) is 12.4 Å². The Balaban J connectivity index is 2.16. The molecule has 100 valence electrons. The van der Waals surface area contributed by atoms with E-state index in [1.807, 2.05) is 31.3 Å². The van der Waals surface area contributed by atoms with E-state index in [0.717, 1.165) is 27.8 Å². The van der Waals surface area contributed by atoms with Crippen LogP contribution in [0.1, 0.15) is 12.5 Å². The Morgan fingerprint density at radius 3 is 2.89 bits per heavy atom. The fourth-order valence-electron chi connectivity index (χ4n) is 1.84. The van der Waals surface area contributed by atoms with Gasteiger partial charge in [0.2, 0.25) is 0 Å². The number of nitrogens with one attached hydrogen (secondary N) is 1. The van der Waals surface area contributed by atoms with Crippen molar-refractivity contribution in [2.45, 2.75) is 13.3 Å². The topological polar surface area (TPSA) is 51.3 Å². The molecule has 0 fully saturated rings. The van der Waals surface area contributed by atoms with Crippen LogP contribution < -0.4 is 4.74 Å². The molecule has 0 bridgehead atoms. The van der Waals surface area contributed by atoms with E-state index >= 15 is 0 Å². The molecular weight excluding hydrogens is 242 g/mol. The number of fused-ring (bicyclic) bond motifs is 1. The molecule has 0 radical (unpaired) electrons. The van der Waals surface area contributed by atoms with E-state index in [9.17, 15) is 4.79 Å². The van der Waals surface area contributed by atoms with E-state index in [1.165, 1.54) is 0 Å². The van der Waals surface area contributed by atoms with Crippen LogP contribution in [0.5, 0.6) is 5.75 Å². The van der Waals surface area contributed by atoms with Gasteiger partial charge in [0, 0.05) is 17.1 Å². The van der Waals surface area contributed by atoms with E-state index in [2.05, 4.69) is 11.6 Å². The van der Waals surface area contributed by atoms with Crippen LogP contribution in [0, 0.1) is 0 Å². The van der Waals surface area contributed by atoms with Crippen LogP contribution in [0.4, 0.5) is 0 Å². The highest BCUT2D eigenvalue weighted by Crippen LogP contribution is 2.24. The Labute approximate surface area is 112 Å². The van der Waals surface area contributed by atoms with Crippen molar-refractivity contribution in [1.29, 1.82) is 0 Å². The number of rotatable bonds is 5. The van der Waals surface area contributed by atoms with E-state index < -0.39 is 0 Å². The maximum absolute atomic E-state index is 11.7. The Morgan fingerprint density at radius 2 is 2.21 bits per heavy atom. The van der Waals surface area contributed by atoms with Gasteiger partial charge in [-0.25, -0.2) is 0 Å². The summed E-state index contributed by atoms with van der Waals surface area (Å²) in [5.74, 6) is 0.510. The molecule has 2 aromatic rings. The van der Waals surface area contributed by atoms with Crippen LogP contribution in [0.15, 0.2) is 36.5 Å². The smallest absolute Gasteiger partial charge is 0.310 e. The zero-order chi connectivity index (χ0) is 13.8. The summed E-state index contributed by atoms with van der Waals surface area (Å²) >= 11 is 0. The van der Waals surface area contributed by atoms with Gasteiger partial charge in [-0.1, -0.05) is 6.58 Å². The Kier molecular flexibility index (Phi) is 3.90. The molecule has 0 aliphatic carbocycles. The van der Waals surface area contributed by atoms with Crippen molar-refractivity contribution in [2.75, 3.05) is 13.7 Å². The van der Waals surface area contributed by atoms with E-state index in [0.29, 0.717) is 0 Å². The highest BCUT2D eigenvalue weighted by atomic mass is 16.5. The SMILES string of the molecule is C=C(C)COC(=O)Cc1c[nH]c2ccc(OC)cc12. The Morgan fingerprint density at radius 1 is 1.42 bits per heavy atom. The van der Waals surface area contributed by atoms with Gasteiger partial charge in [-0.2, -0.15) is 0 Å². The quantitative estimate of drug-likeness (QED) is 0.663. The maximum atomic E-state index is 11.7. The molecule has 1 N–H and O–H groups in total. The van der Waals surface area contributed by atoms with Crippen molar-refractivity contribution in [3.63, 3.8) is 0 Å². The minimum atomic E-state index is -0.258. The van der Waals surface area contributed by atoms with Crippen molar-refractivity contribution >= 4 is 16.9 Å². The van der Waals surface area contributed by atoms with Gasteiger partial charge in [0.25, 0.3) is 0 Å². The Hall–Kier alpha value is -2.23. The van der Waals surface area contributed by atoms with Gasteiger partial charge < -0.3 is 14.5 Å². The molecule has 0 saturated carbocycles. The monoisotopic (exact) mass is 259 g/mol. The number of methoxy groups -OCH3 is 1.